The highest BCUT2D eigenvalue weighted by Gasteiger charge is 2.23. The van der Waals surface area contributed by atoms with E-state index in [9.17, 15) is 9.18 Å². The first-order chi connectivity index (χ1) is 13.8. The molecule has 0 atom stereocenters. The van der Waals surface area contributed by atoms with Gasteiger partial charge in [0, 0.05) is 5.56 Å². The lowest BCUT2D eigenvalue weighted by Crippen LogP contribution is -2.08. The second kappa shape index (κ2) is 9.09. The molecule has 0 saturated heterocycles. The summed E-state index contributed by atoms with van der Waals surface area (Å²) < 4.78 is 27.2. The van der Waals surface area contributed by atoms with E-state index in [-0.39, 0.29) is 17.0 Å². The van der Waals surface area contributed by atoms with Crippen LogP contribution in [0, 0.1) is 11.9 Å². The molecule has 1 radical (unpaired) electrons. The number of carbonyl (C=O) groups excluding carboxylic acids is 1. The molecule has 0 heterocycles. The summed E-state index contributed by atoms with van der Waals surface area (Å²) in [5, 5.41) is 0. The quantitative estimate of drug-likeness (QED) is 0.320. The van der Waals surface area contributed by atoms with Crippen molar-refractivity contribution in [3.05, 3.63) is 86.1 Å². The smallest absolute Gasteiger partial charge is 0.199 e. The first-order valence-corrected chi connectivity index (χ1v) is 10.5. The van der Waals surface area contributed by atoms with Crippen LogP contribution in [0.25, 0.3) is 0 Å². The van der Waals surface area contributed by atoms with Crippen LogP contribution in [-0.4, -0.2) is 12.9 Å². The summed E-state index contributed by atoms with van der Waals surface area (Å²) >= 11 is 6.88. The summed E-state index contributed by atoms with van der Waals surface area (Å²) in [6.45, 7) is 4.03. The Bertz CT molecular complexity index is 1040. The lowest BCUT2D eigenvalue weighted by molar-refractivity contribution is 0.103. The number of hydrogen-bond acceptors (Lipinski definition) is 3. The molecule has 0 amide bonds. The van der Waals surface area contributed by atoms with Gasteiger partial charge in [-0.1, -0.05) is 26.0 Å². The molecule has 0 unspecified atom stereocenters. The first-order valence-electron chi connectivity index (χ1n) is 8.87. The van der Waals surface area contributed by atoms with Gasteiger partial charge in [-0.05, 0) is 80.2 Å². The fraction of sp³-hybridized carbons (Fsp3) is 0.174. The number of rotatable bonds is 6. The van der Waals surface area contributed by atoms with Gasteiger partial charge in [0.25, 0.3) is 0 Å². The van der Waals surface area contributed by atoms with Gasteiger partial charge in [-0.3, -0.25) is 4.79 Å². The molecular weight excluding hydrogens is 503 g/mol. The Kier molecular flexibility index (Phi) is 6.75. The number of carbonyl (C=O) groups is 1. The minimum absolute atomic E-state index is 0.0313. The van der Waals surface area contributed by atoms with Crippen molar-refractivity contribution < 1.29 is 18.7 Å². The maximum atomic E-state index is 14.3. The average Bonchev–Trinajstić information content (AvgIpc) is 2.70. The fourth-order valence-corrected chi connectivity index (χ4v) is 4.02. The lowest BCUT2D eigenvalue weighted by atomic mass is 9.95. The second-order valence-corrected chi connectivity index (χ2v) is 8.35. The number of hydrogen-bond donors (Lipinski definition) is 0. The summed E-state index contributed by atoms with van der Waals surface area (Å²) in [4.78, 5) is 13.2. The second-order valence-electron chi connectivity index (χ2n) is 6.64. The summed E-state index contributed by atoms with van der Waals surface area (Å²) in [6.07, 6.45) is 0. The van der Waals surface area contributed by atoms with Gasteiger partial charge in [-0.2, -0.15) is 0 Å². The van der Waals surface area contributed by atoms with E-state index >= 15 is 0 Å². The van der Waals surface area contributed by atoms with Gasteiger partial charge < -0.3 is 9.47 Å². The predicted molar refractivity (Wildman–Crippen MR) is 118 cm³/mol. The van der Waals surface area contributed by atoms with Crippen molar-refractivity contribution in [1.29, 1.82) is 0 Å². The maximum Gasteiger partial charge on any atom is 0.199 e. The highest BCUT2D eigenvalue weighted by molar-refractivity contribution is 9.11. The van der Waals surface area contributed by atoms with Crippen LogP contribution in [0.5, 0.6) is 17.2 Å². The lowest BCUT2D eigenvalue weighted by Gasteiger charge is -2.18. The van der Waals surface area contributed by atoms with E-state index in [1.165, 1.54) is 12.1 Å². The van der Waals surface area contributed by atoms with Crippen molar-refractivity contribution in [3.8, 4) is 17.2 Å². The van der Waals surface area contributed by atoms with Gasteiger partial charge in [0.1, 0.15) is 17.3 Å². The molecule has 0 N–H and O–H groups in total. The maximum absolute atomic E-state index is 14.3. The van der Waals surface area contributed by atoms with Crippen molar-refractivity contribution in [3.63, 3.8) is 0 Å². The van der Waals surface area contributed by atoms with Crippen LogP contribution in [0.3, 0.4) is 0 Å². The molecule has 0 aliphatic rings. The van der Waals surface area contributed by atoms with E-state index in [1.807, 2.05) is 13.8 Å². The number of ketones is 1. The molecule has 0 bridgehead atoms. The summed E-state index contributed by atoms with van der Waals surface area (Å²) in [6, 6.07) is 15.6. The van der Waals surface area contributed by atoms with Crippen LogP contribution in [0.15, 0.2) is 57.5 Å². The Balaban J connectivity index is 2.21. The molecule has 0 spiro atoms. The van der Waals surface area contributed by atoms with Crippen LogP contribution in [-0.2, 0) is 0 Å². The number of ether oxygens (including phenoxy) is 2. The number of halogens is 3. The fourth-order valence-electron chi connectivity index (χ4n) is 2.90. The van der Waals surface area contributed by atoms with Gasteiger partial charge in [0.2, 0.25) is 0 Å². The molecule has 3 nitrogen and oxygen atoms in total. The van der Waals surface area contributed by atoms with Crippen molar-refractivity contribution >= 4 is 37.6 Å². The van der Waals surface area contributed by atoms with Crippen molar-refractivity contribution in [2.24, 2.45) is 0 Å². The minimum atomic E-state index is -0.591. The Morgan fingerprint density at radius 3 is 2.28 bits per heavy atom. The molecule has 0 fully saturated rings. The molecule has 6 heteroatoms. The molecule has 3 aromatic carbocycles. The molecule has 0 saturated carbocycles. The molecular formula is C23H18Br2FO3. The zero-order chi connectivity index (χ0) is 21.1. The van der Waals surface area contributed by atoms with Crippen molar-refractivity contribution in [1.82, 2.24) is 0 Å². The van der Waals surface area contributed by atoms with Gasteiger partial charge in [-0.25, -0.2) is 4.39 Å². The zero-order valence-corrected chi connectivity index (χ0v) is 19.2. The van der Waals surface area contributed by atoms with Crippen molar-refractivity contribution in [2.45, 2.75) is 19.8 Å². The molecule has 0 aliphatic carbocycles. The van der Waals surface area contributed by atoms with Gasteiger partial charge in [0.15, 0.2) is 11.5 Å². The monoisotopic (exact) mass is 519 g/mol. The third-order valence-electron chi connectivity index (χ3n) is 4.38. The predicted octanol–water partition coefficient (Wildman–Crippen LogP) is 7.31. The highest BCUT2D eigenvalue weighted by atomic mass is 79.9. The largest absolute Gasteiger partial charge is 0.496 e. The standard InChI is InChI=1S/C23H18Br2FO3/c1-13(2)15-11-21(29-23-17(24)8-6-9-18(23)25)16(12-20(15)28-3)22(27)14-7-4-5-10-19(14)26/h4-5,7-13H,1-3H3. The van der Waals surface area contributed by atoms with E-state index in [4.69, 9.17) is 9.47 Å². The van der Waals surface area contributed by atoms with E-state index in [2.05, 4.69) is 37.9 Å². The molecule has 3 rings (SSSR count). The van der Waals surface area contributed by atoms with E-state index in [0.717, 1.165) is 5.56 Å². The first kappa shape index (κ1) is 21.5. The number of benzene rings is 3. The third-order valence-corrected chi connectivity index (χ3v) is 5.56. The van der Waals surface area contributed by atoms with E-state index < -0.39 is 11.6 Å². The van der Waals surface area contributed by atoms with Gasteiger partial charge in [0.05, 0.1) is 27.2 Å². The number of methoxy groups -OCH3 is 1. The third kappa shape index (κ3) is 4.54. The normalized spacial score (nSPS) is 10.9. The Morgan fingerprint density at radius 1 is 1.03 bits per heavy atom. The summed E-state index contributed by atoms with van der Waals surface area (Å²) in [5.41, 5.74) is 1.06. The van der Waals surface area contributed by atoms with Crippen LogP contribution in [0.2, 0.25) is 0 Å². The van der Waals surface area contributed by atoms with Crippen molar-refractivity contribution in [2.75, 3.05) is 7.11 Å². The Hall–Kier alpha value is -2.18. The van der Waals surface area contributed by atoms with Crippen LogP contribution < -0.4 is 9.47 Å². The summed E-state index contributed by atoms with van der Waals surface area (Å²) in [7, 11) is 1.54. The Labute approximate surface area is 186 Å². The summed E-state index contributed by atoms with van der Waals surface area (Å²) in [5.74, 6) is 0.405. The zero-order valence-electron chi connectivity index (χ0n) is 16.1. The van der Waals surface area contributed by atoms with E-state index in [1.54, 1.807) is 43.5 Å². The molecule has 0 aliphatic heterocycles. The van der Waals surface area contributed by atoms with Gasteiger partial charge >= 0.3 is 0 Å². The highest BCUT2D eigenvalue weighted by Crippen LogP contribution is 2.41. The molecule has 3 aromatic rings. The topological polar surface area (TPSA) is 35.5 Å². The molecule has 0 aromatic heterocycles. The average molecular weight is 521 g/mol. The van der Waals surface area contributed by atoms with Gasteiger partial charge in [-0.15, -0.1) is 0 Å². The molecule has 29 heavy (non-hydrogen) atoms. The molecule has 149 valence electrons. The van der Waals surface area contributed by atoms with Crippen LogP contribution >= 0.6 is 31.9 Å². The Morgan fingerprint density at radius 2 is 1.69 bits per heavy atom. The SMILES string of the molecule is COc1cc(C(=O)c2ccccc2F)c(Oc2c(Br)c[c]cc2Br)cc1C(C)C. The van der Waals surface area contributed by atoms with Crippen LogP contribution in [0.1, 0.15) is 41.3 Å². The van der Waals surface area contributed by atoms with E-state index in [0.29, 0.717) is 26.2 Å². The van der Waals surface area contributed by atoms with Crippen LogP contribution in [0.4, 0.5) is 4.39 Å². The minimum Gasteiger partial charge on any atom is -0.496 e.